The van der Waals surface area contributed by atoms with Gasteiger partial charge in [-0.3, -0.25) is 4.79 Å². The van der Waals surface area contributed by atoms with E-state index in [2.05, 4.69) is 22.4 Å². The van der Waals surface area contributed by atoms with Gasteiger partial charge < -0.3 is 5.32 Å². The van der Waals surface area contributed by atoms with Crippen molar-refractivity contribution in [3.8, 4) is 0 Å². The van der Waals surface area contributed by atoms with Crippen molar-refractivity contribution in [3.63, 3.8) is 0 Å². The molecule has 88 valence electrons. The third-order valence-corrected chi connectivity index (χ3v) is 3.98. The summed E-state index contributed by atoms with van der Waals surface area (Å²) in [6.45, 7) is 2.09. The first-order valence-corrected chi connectivity index (χ1v) is 6.60. The van der Waals surface area contributed by atoms with Crippen molar-refractivity contribution in [2.75, 3.05) is 0 Å². The molecule has 1 saturated carbocycles. The smallest absolute Gasteiger partial charge is 0.282 e. The van der Waals surface area contributed by atoms with Crippen LogP contribution in [0.4, 0.5) is 0 Å². The minimum Gasteiger partial charge on any atom is -0.345 e. The number of carbonyl (C=O) groups is 1. The number of carbonyl (C=O) groups excluding carboxylic acids is 1. The predicted octanol–water partition coefficient (Wildman–Crippen LogP) is 2.64. The Morgan fingerprint density at radius 1 is 1.38 bits per heavy atom. The molecular weight excluding hydrogens is 246 g/mol. The minimum absolute atomic E-state index is 0.0898. The fourth-order valence-electron chi connectivity index (χ4n) is 2.08. The second kappa shape index (κ2) is 4.67. The van der Waals surface area contributed by atoms with Crippen molar-refractivity contribution < 1.29 is 4.79 Å². The summed E-state index contributed by atoms with van der Waals surface area (Å²) in [5, 5.41) is 10.7. The van der Waals surface area contributed by atoms with Gasteiger partial charge in [0.15, 0.2) is 0 Å². The minimum atomic E-state index is -0.159. The number of halogens is 1. The molecular formula is C10H14ClN3OS. The summed E-state index contributed by atoms with van der Waals surface area (Å²) in [4.78, 5) is 11.9. The number of amides is 1. The van der Waals surface area contributed by atoms with Crippen LogP contribution in [0, 0.1) is 0 Å². The quantitative estimate of drug-likeness (QED) is 0.888. The molecule has 0 spiro atoms. The molecule has 1 aliphatic carbocycles. The van der Waals surface area contributed by atoms with E-state index in [9.17, 15) is 4.79 Å². The van der Waals surface area contributed by atoms with E-state index in [1.54, 1.807) is 0 Å². The normalized spacial score (nSPS) is 19.4. The fraction of sp³-hybridized carbons (Fsp3) is 0.700. The second-order valence-electron chi connectivity index (χ2n) is 4.44. The first kappa shape index (κ1) is 11.8. The monoisotopic (exact) mass is 259 g/mol. The molecule has 4 nitrogen and oxygen atoms in total. The third kappa shape index (κ3) is 2.71. The first-order chi connectivity index (χ1) is 7.59. The van der Waals surface area contributed by atoms with Gasteiger partial charge in [-0.15, -0.1) is 10.2 Å². The topological polar surface area (TPSA) is 54.9 Å². The van der Waals surface area contributed by atoms with E-state index in [0.717, 1.165) is 24.2 Å². The highest BCUT2D eigenvalue weighted by molar-refractivity contribution is 7.17. The molecule has 0 radical (unpaired) electrons. The summed E-state index contributed by atoms with van der Waals surface area (Å²) >= 11 is 6.76. The molecule has 0 saturated heterocycles. The van der Waals surface area contributed by atoms with Crippen molar-refractivity contribution >= 4 is 28.8 Å². The zero-order valence-corrected chi connectivity index (χ0v) is 10.7. The van der Waals surface area contributed by atoms with Crippen molar-refractivity contribution in [2.45, 2.75) is 44.6 Å². The van der Waals surface area contributed by atoms with Gasteiger partial charge in [0.1, 0.15) is 0 Å². The average molecular weight is 260 g/mol. The molecule has 0 bridgehead atoms. The maximum Gasteiger partial charge on any atom is 0.282 e. The van der Waals surface area contributed by atoms with E-state index in [-0.39, 0.29) is 11.4 Å². The highest BCUT2D eigenvalue weighted by atomic mass is 35.5. The number of hydrogen-bond acceptors (Lipinski definition) is 4. The van der Waals surface area contributed by atoms with Crippen LogP contribution >= 0.6 is 22.9 Å². The molecule has 1 fully saturated rings. The summed E-state index contributed by atoms with van der Waals surface area (Å²) in [5.41, 5.74) is -0.0898. The number of aromatic nitrogens is 2. The lowest BCUT2D eigenvalue weighted by molar-refractivity contribution is 0.0881. The van der Waals surface area contributed by atoms with Crippen LogP contribution in [0.5, 0.6) is 0 Å². The van der Waals surface area contributed by atoms with E-state index in [0.29, 0.717) is 9.47 Å². The highest BCUT2D eigenvalue weighted by Gasteiger charge is 2.29. The molecule has 0 aromatic carbocycles. The van der Waals surface area contributed by atoms with Crippen LogP contribution in [0.25, 0.3) is 0 Å². The summed E-state index contributed by atoms with van der Waals surface area (Å²) < 4.78 is 0.305. The van der Waals surface area contributed by atoms with Crippen molar-refractivity contribution in [1.82, 2.24) is 15.5 Å². The third-order valence-electron chi connectivity index (χ3n) is 2.97. The van der Waals surface area contributed by atoms with E-state index < -0.39 is 0 Å². The van der Waals surface area contributed by atoms with Gasteiger partial charge >= 0.3 is 0 Å². The van der Waals surface area contributed by atoms with Gasteiger partial charge in [0.05, 0.1) is 0 Å². The van der Waals surface area contributed by atoms with Crippen molar-refractivity contribution in [2.24, 2.45) is 0 Å². The van der Waals surface area contributed by atoms with E-state index in [1.165, 1.54) is 19.3 Å². The largest absolute Gasteiger partial charge is 0.345 e. The number of rotatable bonds is 2. The van der Waals surface area contributed by atoms with Crippen molar-refractivity contribution in [1.29, 1.82) is 0 Å². The molecule has 1 N–H and O–H groups in total. The Bertz CT molecular complexity index is 387. The molecule has 1 aromatic rings. The van der Waals surface area contributed by atoms with Crippen LogP contribution in [0.3, 0.4) is 0 Å². The van der Waals surface area contributed by atoms with E-state index in [4.69, 9.17) is 11.6 Å². The van der Waals surface area contributed by atoms with E-state index >= 15 is 0 Å². The molecule has 1 heterocycles. The number of nitrogens with one attached hydrogen (secondary N) is 1. The molecule has 0 unspecified atom stereocenters. The maximum absolute atomic E-state index is 11.9. The standard InChI is InChI=1S/C10H14ClN3OS/c1-10(5-3-2-4-6-10)12-7(15)8-13-14-9(11)16-8/h2-6H2,1H3,(H,12,15). The highest BCUT2D eigenvalue weighted by Crippen LogP contribution is 2.28. The zero-order valence-electron chi connectivity index (χ0n) is 9.12. The summed E-state index contributed by atoms with van der Waals surface area (Å²) in [5.74, 6) is -0.159. The van der Waals surface area contributed by atoms with Crippen LogP contribution in [-0.2, 0) is 0 Å². The molecule has 0 aliphatic heterocycles. The van der Waals surface area contributed by atoms with Gasteiger partial charge in [-0.2, -0.15) is 0 Å². The Labute approximate surface area is 103 Å². The Hall–Kier alpha value is -0.680. The zero-order chi connectivity index (χ0) is 11.6. The molecule has 1 amide bonds. The van der Waals surface area contributed by atoms with Crippen LogP contribution in [0.15, 0.2) is 0 Å². The van der Waals surface area contributed by atoms with Crippen LogP contribution in [-0.4, -0.2) is 21.6 Å². The van der Waals surface area contributed by atoms with Crippen LogP contribution < -0.4 is 5.32 Å². The fourth-order valence-corrected chi connectivity index (χ4v) is 2.81. The van der Waals surface area contributed by atoms with E-state index in [1.807, 2.05) is 0 Å². The van der Waals surface area contributed by atoms with Gasteiger partial charge in [-0.1, -0.05) is 30.6 Å². The molecule has 1 aliphatic rings. The second-order valence-corrected chi connectivity index (χ2v) is 6.00. The SMILES string of the molecule is CC1(NC(=O)c2nnc(Cl)s2)CCCCC1. The Kier molecular flexibility index (Phi) is 3.44. The summed E-state index contributed by atoms with van der Waals surface area (Å²) in [7, 11) is 0. The van der Waals surface area contributed by atoms with Crippen LogP contribution in [0.2, 0.25) is 4.47 Å². The predicted molar refractivity (Wildman–Crippen MR) is 63.9 cm³/mol. The first-order valence-electron chi connectivity index (χ1n) is 5.41. The lowest BCUT2D eigenvalue weighted by atomic mass is 9.83. The molecule has 16 heavy (non-hydrogen) atoms. The lowest BCUT2D eigenvalue weighted by Crippen LogP contribution is -2.47. The average Bonchev–Trinajstić information content (AvgIpc) is 2.65. The van der Waals surface area contributed by atoms with Gasteiger partial charge in [0.2, 0.25) is 9.47 Å². The van der Waals surface area contributed by atoms with Gasteiger partial charge in [0, 0.05) is 5.54 Å². The molecule has 0 atom stereocenters. The van der Waals surface area contributed by atoms with Crippen molar-refractivity contribution in [3.05, 3.63) is 9.47 Å². The van der Waals surface area contributed by atoms with Gasteiger partial charge in [0.25, 0.3) is 5.91 Å². The summed E-state index contributed by atoms with van der Waals surface area (Å²) in [6, 6.07) is 0. The Morgan fingerprint density at radius 2 is 2.06 bits per heavy atom. The molecule has 1 aromatic heterocycles. The molecule has 6 heteroatoms. The Morgan fingerprint density at radius 3 is 2.62 bits per heavy atom. The van der Waals surface area contributed by atoms with Gasteiger partial charge in [-0.25, -0.2) is 0 Å². The summed E-state index contributed by atoms with van der Waals surface area (Å²) in [6.07, 6.45) is 5.67. The molecule has 2 rings (SSSR count). The number of nitrogens with zero attached hydrogens (tertiary/aromatic N) is 2. The lowest BCUT2D eigenvalue weighted by Gasteiger charge is -2.34. The van der Waals surface area contributed by atoms with Crippen LogP contribution in [0.1, 0.15) is 48.8 Å². The Balaban J connectivity index is 2.01. The maximum atomic E-state index is 11.9. The van der Waals surface area contributed by atoms with Gasteiger partial charge in [-0.05, 0) is 31.4 Å². The number of hydrogen-bond donors (Lipinski definition) is 1.